The zero-order valence-electron chi connectivity index (χ0n) is 2.67. The van der Waals surface area contributed by atoms with Crippen molar-refractivity contribution in [2.75, 3.05) is 0 Å². The van der Waals surface area contributed by atoms with Crippen molar-refractivity contribution in [1.29, 1.82) is 0 Å². The van der Waals surface area contributed by atoms with E-state index in [1.807, 2.05) is 0 Å². The Kier molecular flexibility index (Phi) is 24.7. The Labute approximate surface area is 67.7 Å². The molecule has 0 aliphatic heterocycles. The van der Waals surface area contributed by atoms with Gasteiger partial charge < -0.3 is 14.1 Å². The van der Waals surface area contributed by atoms with Gasteiger partial charge in [-0.15, -0.1) is 0 Å². The largest absolute Gasteiger partial charge is 2.00 e. The van der Waals surface area contributed by atoms with Gasteiger partial charge in [-0.05, 0) is 0 Å². The molecule has 0 unspecified atom stereocenters. The molecule has 0 rings (SSSR count). The van der Waals surface area contributed by atoms with Crippen LogP contribution in [0.25, 0.3) is 0 Å². The summed E-state index contributed by atoms with van der Waals surface area (Å²) in [6, 6.07) is 0. The predicted octanol–water partition coefficient (Wildman–Crippen LogP) is -2.88. The Morgan fingerprint density at radius 3 is 1.33 bits per heavy atom. The van der Waals surface area contributed by atoms with Gasteiger partial charge in [-0.25, -0.2) is 0 Å². The van der Waals surface area contributed by atoms with Crippen LogP contribution in [0.3, 0.4) is 0 Å². The predicted molar refractivity (Wildman–Crippen MR) is 6.44 cm³/mol. The Morgan fingerprint density at radius 2 is 1.33 bits per heavy atom. The van der Waals surface area contributed by atoms with E-state index in [-0.39, 0.29) is 44.8 Å². The average molecular weight is 218 g/mol. The zero-order chi connectivity index (χ0) is 3.58. The van der Waals surface area contributed by atoms with Gasteiger partial charge in [-0.2, -0.15) is 0 Å². The topological polar surface area (TPSA) is 63.2 Å². The molecule has 0 spiro atoms. The fourth-order valence-corrected chi connectivity index (χ4v) is 0. The van der Waals surface area contributed by atoms with Crippen LogP contribution in [0.4, 0.5) is 0 Å². The molecule has 0 fully saturated rings. The molecular formula is O3SiVZr+2. The van der Waals surface area contributed by atoms with Gasteiger partial charge in [0.2, 0.25) is 0 Å². The molecule has 29 valence electrons. The first-order valence-corrected chi connectivity index (χ1v) is 1.84. The summed E-state index contributed by atoms with van der Waals surface area (Å²) in [6.45, 7) is 0. The zero-order valence-corrected chi connectivity index (χ0v) is 7.53. The molecule has 1 radical (unpaired) electrons. The molecule has 0 saturated heterocycles. The van der Waals surface area contributed by atoms with Crippen molar-refractivity contribution in [3.8, 4) is 0 Å². The first-order chi connectivity index (χ1) is 1.73. The van der Waals surface area contributed by atoms with E-state index in [4.69, 9.17) is 14.1 Å². The molecule has 0 aliphatic carbocycles. The van der Waals surface area contributed by atoms with Crippen molar-refractivity contribution in [3.05, 3.63) is 0 Å². The van der Waals surface area contributed by atoms with Crippen molar-refractivity contribution >= 4 is 9.17 Å². The van der Waals surface area contributed by atoms with Crippen LogP contribution in [0.2, 0.25) is 0 Å². The maximum absolute atomic E-state index is 8.52. The standard InChI is InChI=1S/O3Si.V.Zr/c1-4(2)3;;/q-2;2*+2. The van der Waals surface area contributed by atoms with Crippen LogP contribution in [0.15, 0.2) is 0 Å². The molecule has 0 heterocycles. The van der Waals surface area contributed by atoms with Crippen molar-refractivity contribution in [3.63, 3.8) is 0 Å². The smallest absolute Gasteiger partial charge is 0.672 e. The van der Waals surface area contributed by atoms with Gasteiger partial charge in [0, 0.05) is 9.17 Å². The SMILES string of the molecule is O=[Si]([O-])[O-].[V+2].[Zr+2]. The summed E-state index contributed by atoms with van der Waals surface area (Å²) in [6.07, 6.45) is 0. The second kappa shape index (κ2) is 9.43. The maximum atomic E-state index is 8.52. The molecule has 6 heteroatoms. The Hall–Kier alpha value is 1.08. The van der Waals surface area contributed by atoms with Crippen molar-refractivity contribution in [2.24, 2.45) is 0 Å². The summed E-state index contributed by atoms with van der Waals surface area (Å²) in [5, 5.41) is 0. The summed E-state index contributed by atoms with van der Waals surface area (Å²) in [5.41, 5.74) is 0. The molecule has 0 aromatic rings. The van der Waals surface area contributed by atoms with E-state index in [1.54, 1.807) is 0 Å². The minimum atomic E-state index is -3.63. The monoisotopic (exact) mass is 217 g/mol. The quantitative estimate of drug-likeness (QED) is 0.410. The van der Waals surface area contributed by atoms with Crippen molar-refractivity contribution in [1.82, 2.24) is 0 Å². The van der Waals surface area contributed by atoms with Crippen molar-refractivity contribution in [2.45, 2.75) is 0 Å². The van der Waals surface area contributed by atoms with Gasteiger partial charge >= 0.3 is 44.8 Å². The van der Waals surface area contributed by atoms with E-state index in [2.05, 4.69) is 0 Å². The molecule has 3 nitrogen and oxygen atoms in total. The Morgan fingerprint density at radius 1 is 1.33 bits per heavy atom. The van der Waals surface area contributed by atoms with Crippen LogP contribution >= 0.6 is 0 Å². The number of rotatable bonds is 0. The van der Waals surface area contributed by atoms with Crippen LogP contribution < -0.4 is 9.59 Å². The fourth-order valence-electron chi connectivity index (χ4n) is 0. The summed E-state index contributed by atoms with van der Waals surface area (Å²) in [7, 11) is -3.63. The Balaban J connectivity index is -0.0000000450. The molecule has 0 amide bonds. The summed E-state index contributed by atoms with van der Waals surface area (Å²) in [4.78, 5) is 17.0. The molecular weight excluding hydrogens is 218 g/mol. The molecule has 0 aromatic carbocycles. The Bertz CT molecular complexity index is 33.8. The molecule has 0 N–H and O–H groups in total. The molecule has 0 saturated carbocycles. The minimum Gasteiger partial charge on any atom is -0.672 e. The van der Waals surface area contributed by atoms with E-state index in [0.717, 1.165) is 0 Å². The van der Waals surface area contributed by atoms with E-state index >= 15 is 0 Å². The van der Waals surface area contributed by atoms with E-state index in [9.17, 15) is 0 Å². The second-order valence-corrected chi connectivity index (χ2v) is 0.750. The third kappa shape index (κ3) is 72.1. The molecule has 6 heavy (non-hydrogen) atoms. The summed E-state index contributed by atoms with van der Waals surface area (Å²) >= 11 is 0. The summed E-state index contributed by atoms with van der Waals surface area (Å²) < 4.78 is 8.52. The van der Waals surface area contributed by atoms with Gasteiger partial charge in [0.1, 0.15) is 0 Å². The minimum absolute atomic E-state index is 0. The first-order valence-electron chi connectivity index (χ1n) is 0.612. The molecule has 0 bridgehead atoms. The van der Waals surface area contributed by atoms with Crippen molar-refractivity contribution < 1.29 is 58.8 Å². The van der Waals surface area contributed by atoms with Crippen LogP contribution in [-0.4, -0.2) is 9.17 Å². The average Bonchev–Trinajstić information content (AvgIpc) is 0.811. The maximum Gasteiger partial charge on any atom is 2.00 e. The van der Waals surface area contributed by atoms with E-state index < -0.39 is 9.17 Å². The second-order valence-electron chi connectivity index (χ2n) is 0.250. The van der Waals surface area contributed by atoms with Gasteiger partial charge in [0.15, 0.2) is 0 Å². The molecule has 0 atom stereocenters. The van der Waals surface area contributed by atoms with E-state index in [1.165, 1.54) is 0 Å². The molecule has 0 aliphatic rings. The fraction of sp³-hybridized carbons (Fsp3) is 0. The molecule has 0 aromatic heterocycles. The third-order valence-electron chi connectivity index (χ3n) is 0. The van der Waals surface area contributed by atoms with Gasteiger partial charge in [-0.3, -0.25) is 0 Å². The van der Waals surface area contributed by atoms with Crippen LogP contribution in [0.5, 0.6) is 0 Å². The van der Waals surface area contributed by atoms with Gasteiger partial charge in [0.25, 0.3) is 0 Å². The summed E-state index contributed by atoms with van der Waals surface area (Å²) in [5.74, 6) is 0. The van der Waals surface area contributed by atoms with E-state index in [0.29, 0.717) is 0 Å². The first kappa shape index (κ1) is 15.7. The number of hydrogen-bond donors (Lipinski definition) is 0. The normalized spacial score (nSPS) is 4.00. The van der Waals surface area contributed by atoms with Gasteiger partial charge in [-0.1, -0.05) is 0 Å². The van der Waals surface area contributed by atoms with Crippen LogP contribution in [0, 0.1) is 0 Å². The van der Waals surface area contributed by atoms with Crippen LogP contribution in [-0.2, 0) is 49.2 Å². The van der Waals surface area contributed by atoms with Crippen LogP contribution in [0.1, 0.15) is 0 Å². The van der Waals surface area contributed by atoms with Gasteiger partial charge in [0.05, 0.1) is 0 Å². The third-order valence-corrected chi connectivity index (χ3v) is 0. The number of hydrogen-bond acceptors (Lipinski definition) is 3.